The van der Waals surface area contributed by atoms with Gasteiger partial charge in [0.25, 0.3) is 5.91 Å². The van der Waals surface area contributed by atoms with Crippen molar-refractivity contribution in [3.8, 4) is 17.2 Å². The summed E-state index contributed by atoms with van der Waals surface area (Å²) >= 11 is 0. The van der Waals surface area contributed by atoms with Crippen LogP contribution in [0.4, 0.5) is 5.69 Å². The molecule has 0 saturated carbocycles. The molecule has 2 aromatic carbocycles. The van der Waals surface area contributed by atoms with E-state index < -0.39 is 4.92 Å². The Balaban J connectivity index is 1.92. The van der Waals surface area contributed by atoms with Gasteiger partial charge in [-0.05, 0) is 30.7 Å². The number of benzene rings is 2. The molecule has 0 bridgehead atoms. The third-order valence-corrected chi connectivity index (χ3v) is 3.71. The summed E-state index contributed by atoms with van der Waals surface area (Å²) in [5.74, 6) is 0.799. The van der Waals surface area contributed by atoms with Crippen molar-refractivity contribution in [3.63, 3.8) is 0 Å². The first kappa shape index (κ1) is 19.0. The predicted molar refractivity (Wildman–Crippen MR) is 94.7 cm³/mol. The number of amides is 1. The van der Waals surface area contributed by atoms with E-state index in [1.54, 1.807) is 7.11 Å². The fraction of sp³-hybridized carbons (Fsp3) is 0.278. The zero-order valence-corrected chi connectivity index (χ0v) is 14.7. The van der Waals surface area contributed by atoms with Crippen molar-refractivity contribution in [2.75, 3.05) is 20.8 Å². The summed E-state index contributed by atoms with van der Waals surface area (Å²) in [5, 5.41) is 13.7. The molecule has 0 aliphatic rings. The molecule has 0 radical (unpaired) electrons. The predicted octanol–water partition coefficient (Wildman–Crippen LogP) is 2.87. The molecule has 2 rings (SSSR count). The van der Waals surface area contributed by atoms with E-state index in [9.17, 15) is 14.9 Å². The molecule has 0 fully saturated rings. The molecule has 0 spiro atoms. The normalized spacial score (nSPS) is 11.3. The Bertz CT molecular complexity index is 776. The molecule has 0 aliphatic heterocycles. The fourth-order valence-corrected chi connectivity index (χ4v) is 2.31. The first-order valence-electron chi connectivity index (χ1n) is 7.83. The van der Waals surface area contributed by atoms with Gasteiger partial charge in [0.15, 0.2) is 6.61 Å². The van der Waals surface area contributed by atoms with Gasteiger partial charge in [-0.1, -0.05) is 12.1 Å². The standard InChI is InChI=1S/C18H20N2O6/c1-12(13-4-6-14(24-2)7-5-13)19-18(21)11-26-15-8-9-16(20(22)23)17(10-15)25-3/h4-10,12H,11H2,1-3H3,(H,19,21)/t12-/m1/s1. The van der Waals surface area contributed by atoms with Crippen molar-refractivity contribution in [1.82, 2.24) is 5.32 Å². The van der Waals surface area contributed by atoms with Crippen LogP contribution in [0.25, 0.3) is 0 Å². The average Bonchev–Trinajstić information content (AvgIpc) is 2.65. The highest BCUT2D eigenvalue weighted by molar-refractivity contribution is 5.78. The van der Waals surface area contributed by atoms with Crippen LogP contribution in [0.15, 0.2) is 42.5 Å². The number of methoxy groups -OCH3 is 2. The summed E-state index contributed by atoms with van der Waals surface area (Å²) in [6, 6.07) is 11.2. The molecule has 8 heteroatoms. The third kappa shape index (κ3) is 4.85. The summed E-state index contributed by atoms with van der Waals surface area (Å²) in [5.41, 5.74) is 0.758. The second-order valence-electron chi connectivity index (χ2n) is 5.44. The van der Waals surface area contributed by atoms with Crippen LogP contribution in [0.5, 0.6) is 17.2 Å². The van der Waals surface area contributed by atoms with Gasteiger partial charge >= 0.3 is 5.69 Å². The number of nitrogens with zero attached hydrogens (tertiary/aromatic N) is 1. The van der Waals surface area contributed by atoms with Crippen LogP contribution in [0, 0.1) is 10.1 Å². The number of carbonyl (C=O) groups excluding carboxylic acids is 1. The molecule has 0 aromatic heterocycles. The van der Waals surface area contributed by atoms with E-state index in [1.165, 1.54) is 25.3 Å². The lowest BCUT2D eigenvalue weighted by Crippen LogP contribution is -2.31. The molecule has 2 aromatic rings. The third-order valence-electron chi connectivity index (χ3n) is 3.71. The Morgan fingerprint density at radius 3 is 2.35 bits per heavy atom. The first-order valence-corrected chi connectivity index (χ1v) is 7.83. The van der Waals surface area contributed by atoms with Gasteiger partial charge in [-0.2, -0.15) is 0 Å². The van der Waals surface area contributed by atoms with Crippen LogP contribution < -0.4 is 19.5 Å². The quantitative estimate of drug-likeness (QED) is 0.574. The van der Waals surface area contributed by atoms with Crippen molar-refractivity contribution >= 4 is 11.6 Å². The maximum Gasteiger partial charge on any atom is 0.311 e. The molecule has 1 amide bonds. The van der Waals surface area contributed by atoms with Gasteiger partial charge in [0.2, 0.25) is 5.75 Å². The van der Waals surface area contributed by atoms with E-state index in [0.717, 1.165) is 11.3 Å². The number of carbonyl (C=O) groups is 1. The van der Waals surface area contributed by atoms with Gasteiger partial charge in [-0.15, -0.1) is 0 Å². The lowest BCUT2D eigenvalue weighted by Gasteiger charge is -2.15. The van der Waals surface area contributed by atoms with Gasteiger partial charge in [0.05, 0.1) is 25.2 Å². The number of nitrogens with one attached hydrogen (secondary N) is 1. The van der Waals surface area contributed by atoms with Gasteiger partial charge in [0, 0.05) is 12.1 Å². The Morgan fingerprint density at radius 2 is 1.77 bits per heavy atom. The highest BCUT2D eigenvalue weighted by Crippen LogP contribution is 2.30. The SMILES string of the molecule is COc1ccc([C@@H](C)NC(=O)COc2ccc([N+](=O)[O-])c(OC)c2)cc1. The number of nitro benzene ring substituents is 1. The molecule has 26 heavy (non-hydrogen) atoms. The molecule has 0 heterocycles. The molecule has 138 valence electrons. The van der Waals surface area contributed by atoms with Crippen LogP contribution >= 0.6 is 0 Å². The largest absolute Gasteiger partial charge is 0.497 e. The molecular formula is C18H20N2O6. The lowest BCUT2D eigenvalue weighted by molar-refractivity contribution is -0.385. The molecule has 0 unspecified atom stereocenters. The van der Waals surface area contributed by atoms with Crippen LogP contribution in [-0.4, -0.2) is 31.7 Å². The monoisotopic (exact) mass is 360 g/mol. The Hall–Kier alpha value is -3.29. The number of hydrogen-bond acceptors (Lipinski definition) is 6. The van der Waals surface area contributed by atoms with E-state index in [0.29, 0.717) is 5.75 Å². The van der Waals surface area contributed by atoms with Gasteiger partial charge in [0.1, 0.15) is 11.5 Å². The minimum atomic E-state index is -0.550. The van der Waals surface area contributed by atoms with Crippen molar-refractivity contribution in [2.45, 2.75) is 13.0 Å². The number of hydrogen-bond donors (Lipinski definition) is 1. The highest BCUT2D eigenvalue weighted by Gasteiger charge is 2.16. The average molecular weight is 360 g/mol. The number of nitro groups is 1. The van der Waals surface area contributed by atoms with Gasteiger partial charge in [-0.3, -0.25) is 14.9 Å². The fourth-order valence-electron chi connectivity index (χ4n) is 2.31. The smallest absolute Gasteiger partial charge is 0.311 e. The molecule has 1 atom stereocenters. The van der Waals surface area contributed by atoms with Gasteiger partial charge < -0.3 is 19.5 Å². The zero-order chi connectivity index (χ0) is 19.1. The summed E-state index contributed by atoms with van der Waals surface area (Å²) in [4.78, 5) is 22.4. The van der Waals surface area contributed by atoms with Crippen LogP contribution in [-0.2, 0) is 4.79 Å². The second kappa shape index (κ2) is 8.70. The Morgan fingerprint density at radius 1 is 1.12 bits per heavy atom. The topological polar surface area (TPSA) is 99.9 Å². The minimum Gasteiger partial charge on any atom is -0.497 e. The lowest BCUT2D eigenvalue weighted by atomic mass is 10.1. The van der Waals surface area contributed by atoms with E-state index in [-0.39, 0.29) is 30.0 Å². The number of rotatable bonds is 8. The molecular weight excluding hydrogens is 340 g/mol. The van der Waals surface area contributed by atoms with E-state index >= 15 is 0 Å². The van der Waals surface area contributed by atoms with Crippen LogP contribution in [0.2, 0.25) is 0 Å². The Kier molecular flexibility index (Phi) is 6.37. The number of ether oxygens (including phenoxy) is 3. The maximum absolute atomic E-state index is 12.1. The Labute approximate surface area is 150 Å². The van der Waals surface area contributed by atoms with E-state index in [1.807, 2.05) is 31.2 Å². The summed E-state index contributed by atoms with van der Waals surface area (Å²) in [7, 11) is 2.92. The summed E-state index contributed by atoms with van der Waals surface area (Å²) in [6.45, 7) is 1.63. The summed E-state index contributed by atoms with van der Waals surface area (Å²) in [6.07, 6.45) is 0. The molecule has 8 nitrogen and oxygen atoms in total. The zero-order valence-electron chi connectivity index (χ0n) is 14.7. The van der Waals surface area contributed by atoms with Crippen LogP contribution in [0.3, 0.4) is 0 Å². The van der Waals surface area contributed by atoms with Crippen LogP contribution in [0.1, 0.15) is 18.5 Å². The van der Waals surface area contributed by atoms with E-state index in [4.69, 9.17) is 14.2 Å². The first-order chi connectivity index (χ1) is 12.4. The van der Waals surface area contributed by atoms with Crippen molar-refractivity contribution in [1.29, 1.82) is 0 Å². The van der Waals surface area contributed by atoms with E-state index in [2.05, 4.69) is 5.32 Å². The second-order valence-corrected chi connectivity index (χ2v) is 5.44. The molecule has 0 saturated heterocycles. The molecule has 0 aliphatic carbocycles. The summed E-state index contributed by atoms with van der Waals surface area (Å²) < 4.78 is 15.4. The maximum atomic E-state index is 12.1. The van der Waals surface area contributed by atoms with Gasteiger partial charge in [-0.25, -0.2) is 0 Å². The van der Waals surface area contributed by atoms with Crippen molar-refractivity contribution < 1.29 is 23.9 Å². The minimum absolute atomic E-state index is 0.0690. The highest BCUT2D eigenvalue weighted by atomic mass is 16.6. The molecule has 1 N–H and O–H groups in total. The van der Waals surface area contributed by atoms with Crippen molar-refractivity contribution in [3.05, 3.63) is 58.1 Å². The van der Waals surface area contributed by atoms with Crippen molar-refractivity contribution in [2.24, 2.45) is 0 Å².